The van der Waals surface area contributed by atoms with Crippen molar-refractivity contribution in [3.63, 3.8) is 0 Å². The number of hydrogen-bond acceptors (Lipinski definition) is 3. The summed E-state index contributed by atoms with van der Waals surface area (Å²) in [6.45, 7) is 0.111. The number of alkyl halides is 3. The van der Waals surface area contributed by atoms with Gasteiger partial charge < -0.3 is 4.52 Å². The lowest BCUT2D eigenvalue weighted by Crippen LogP contribution is -2.39. The van der Waals surface area contributed by atoms with Crippen molar-refractivity contribution in [1.29, 1.82) is 0 Å². The van der Waals surface area contributed by atoms with Crippen molar-refractivity contribution in [1.82, 2.24) is 5.16 Å². The maximum absolute atomic E-state index is 12.7. The molecule has 1 aromatic carbocycles. The van der Waals surface area contributed by atoms with Crippen LogP contribution in [0, 0.1) is 6.92 Å². The van der Waals surface area contributed by atoms with E-state index < -0.39 is 18.6 Å². The lowest BCUT2D eigenvalue weighted by molar-refractivity contribution is -0.118. The third-order valence-corrected chi connectivity index (χ3v) is 2.78. The molecule has 8 heteroatoms. The molecular formula is C13H10ClF3N2O2. The van der Waals surface area contributed by atoms with Gasteiger partial charge in [0.2, 0.25) is 5.76 Å². The molecule has 2 aromatic rings. The maximum Gasteiger partial charge on any atom is 0.406 e. The minimum Gasteiger partial charge on any atom is -0.351 e. The van der Waals surface area contributed by atoms with Crippen LogP contribution in [0.25, 0.3) is 0 Å². The molecule has 0 N–H and O–H groups in total. The standard InChI is InChI=1S/C13H10ClF3N2O2/c1-8-5-11(21-18-8)12(20)19(7-13(15,16)17)10-4-2-3-9(14)6-10/h2-6H,7H2,1H3. The van der Waals surface area contributed by atoms with E-state index in [1.807, 2.05) is 0 Å². The predicted octanol–water partition coefficient (Wildman–Crippen LogP) is 3.85. The van der Waals surface area contributed by atoms with Gasteiger partial charge in [0.1, 0.15) is 6.54 Å². The zero-order chi connectivity index (χ0) is 15.6. The molecule has 0 saturated carbocycles. The molecule has 0 unspecified atom stereocenters. The van der Waals surface area contributed by atoms with Crippen LogP contribution in [0.1, 0.15) is 16.2 Å². The normalized spacial score (nSPS) is 11.5. The molecule has 0 aliphatic heterocycles. The average molecular weight is 319 g/mol. The minimum atomic E-state index is -4.56. The molecular weight excluding hydrogens is 309 g/mol. The fraction of sp³-hybridized carbons (Fsp3) is 0.231. The highest BCUT2D eigenvalue weighted by molar-refractivity contribution is 6.31. The molecule has 1 heterocycles. The van der Waals surface area contributed by atoms with Crippen LogP contribution < -0.4 is 4.90 Å². The number of halogens is 4. The fourth-order valence-corrected chi connectivity index (χ4v) is 1.89. The summed E-state index contributed by atoms with van der Waals surface area (Å²) in [7, 11) is 0. The van der Waals surface area contributed by atoms with Crippen molar-refractivity contribution in [2.24, 2.45) is 0 Å². The first-order valence-electron chi connectivity index (χ1n) is 5.84. The van der Waals surface area contributed by atoms with Crippen molar-refractivity contribution in [2.45, 2.75) is 13.1 Å². The highest BCUT2D eigenvalue weighted by Crippen LogP contribution is 2.26. The molecule has 0 bridgehead atoms. The Morgan fingerprint density at radius 2 is 2.10 bits per heavy atom. The van der Waals surface area contributed by atoms with Gasteiger partial charge in [0.05, 0.1) is 5.69 Å². The molecule has 0 aliphatic carbocycles. The highest BCUT2D eigenvalue weighted by Gasteiger charge is 2.35. The zero-order valence-corrected chi connectivity index (χ0v) is 11.6. The second-order valence-corrected chi connectivity index (χ2v) is 4.76. The van der Waals surface area contributed by atoms with Gasteiger partial charge in [0.15, 0.2) is 0 Å². The van der Waals surface area contributed by atoms with E-state index in [0.717, 1.165) is 0 Å². The first kappa shape index (κ1) is 15.4. The van der Waals surface area contributed by atoms with E-state index in [9.17, 15) is 18.0 Å². The predicted molar refractivity (Wildman–Crippen MR) is 70.4 cm³/mol. The number of hydrogen-bond donors (Lipinski definition) is 0. The molecule has 1 aromatic heterocycles. The van der Waals surface area contributed by atoms with Crippen LogP contribution in [0.5, 0.6) is 0 Å². The van der Waals surface area contributed by atoms with Crippen LogP contribution in [0.15, 0.2) is 34.9 Å². The lowest BCUT2D eigenvalue weighted by Gasteiger charge is -2.23. The molecule has 4 nitrogen and oxygen atoms in total. The van der Waals surface area contributed by atoms with Crippen LogP contribution in [0.2, 0.25) is 5.02 Å². The minimum absolute atomic E-state index is 0.0267. The fourth-order valence-electron chi connectivity index (χ4n) is 1.70. The lowest BCUT2D eigenvalue weighted by atomic mass is 10.2. The summed E-state index contributed by atoms with van der Waals surface area (Å²) >= 11 is 5.76. The summed E-state index contributed by atoms with van der Waals surface area (Å²) in [6.07, 6.45) is -4.56. The van der Waals surface area contributed by atoms with E-state index in [1.54, 1.807) is 6.92 Å². The maximum atomic E-state index is 12.7. The van der Waals surface area contributed by atoms with Crippen LogP contribution in [0.3, 0.4) is 0 Å². The summed E-state index contributed by atoms with van der Waals surface area (Å²) in [5, 5.41) is 3.72. The summed E-state index contributed by atoms with van der Waals surface area (Å²) in [4.78, 5) is 12.7. The smallest absolute Gasteiger partial charge is 0.351 e. The SMILES string of the molecule is Cc1cc(C(=O)N(CC(F)(F)F)c2cccc(Cl)c2)on1. The van der Waals surface area contributed by atoms with Crippen molar-refractivity contribution in [3.05, 3.63) is 46.8 Å². The topological polar surface area (TPSA) is 46.3 Å². The van der Waals surface area contributed by atoms with Crippen molar-refractivity contribution >= 4 is 23.2 Å². The van der Waals surface area contributed by atoms with Gasteiger partial charge in [-0.05, 0) is 25.1 Å². The quantitative estimate of drug-likeness (QED) is 0.863. The molecule has 0 fully saturated rings. The third-order valence-electron chi connectivity index (χ3n) is 2.54. The molecule has 2 rings (SSSR count). The second-order valence-electron chi connectivity index (χ2n) is 4.32. The van der Waals surface area contributed by atoms with Crippen molar-refractivity contribution < 1.29 is 22.5 Å². The molecule has 0 atom stereocenters. The Kier molecular flexibility index (Phi) is 4.22. The van der Waals surface area contributed by atoms with Gasteiger partial charge in [-0.15, -0.1) is 0 Å². The number of aromatic nitrogens is 1. The number of nitrogens with zero attached hydrogens (tertiary/aromatic N) is 2. The molecule has 21 heavy (non-hydrogen) atoms. The van der Waals surface area contributed by atoms with Gasteiger partial charge in [-0.3, -0.25) is 9.69 Å². The van der Waals surface area contributed by atoms with E-state index in [0.29, 0.717) is 10.6 Å². The first-order valence-corrected chi connectivity index (χ1v) is 6.21. The summed E-state index contributed by atoms with van der Waals surface area (Å²) in [5.41, 5.74) is 0.426. The third kappa shape index (κ3) is 3.98. The summed E-state index contributed by atoms with van der Waals surface area (Å²) in [6, 6.07) is 6.86. The molecule has 1 amide bonds. The number of rotatable bonds is 3. The number of carbonyl (C=O) groups excluding carboxylic acids is 1. The highest BCUT2D eigenvalue weighted by atomic mass is 35.5. The van der Waals surface area contributed by atoms with E-state index in [2.05, 4.69) is 5.16 Å². The summed E-state index contributed by atoms with van der Waals surface area (Å²) in [5.74, 6) is -1.20. The van der Waals surface area contributed by atoms with Crippen LogP contribution in [-0.4, -0.2) is 23.8 Å². The number of benzene rings is 1. The Morgan fingerprint density at radius 1 is 1.38 bits per heavy atom. The van der Waals surface area contributed by atoms with Crippen LogP contribution in [-0.2, 0) is 0 Å². The summed E-state index contributed by atoms with van der Waals surface area (Å²) < 4.78 is 42.8. The van der Waals surface area contributed by atoms with E-state index in [1.165, 1.54) is 30.3 Å². The van der Waals surface area contributed by atoms with Gasteiger partial charge in [-0.25, -0.2) is 0 Å². The van der Waals surface area contributed by atoms with Gasteiger partial charge in [0.25, 0.3) is 5.91 Å². The van der Waals surface area contributed by atoms with Gasteiger partial charge in [-0.2, -0.15) is 13.2 Å². The number of carbonyl (C=O) groups is 1. The molecule has 0 aliphatic rings. The Morgan fingerprint density at radius 3 is 2.62 bits per heavy atom. The Labute approximate surface area is 123 Å². The number of amides is 1. The second kappa shape index (κ2) is 5.77. The molecule has 112 valence electrons. The van der Waals surface area contributed by atoms with Gasteiger partial charge in [0, 0.05) is 16.8 Å². The Balaban J connectivity index is 2.38. The van der Waals surface area contributed by atoms with Gasteiger partial charge >= 0.3 is 6.18 Å². The van der Waals surface area contributed by atoms with Crippen LogP contribution >= 0.6 is 11.6 Å². The van der Waals surface area contributed by atoms with E-state index in [-0.39, 0.29) is 16.5 Å². The largest absolute Gasteiger partial charge is 0.406 e. The Bertz CT molecular complexity index is 655. The Hall–Kier alpha value is -2.02. The monoisotopic (exact) mass is 318 g/mol. The molecule has 0 radical (unpaired) electrons. The van der Waals surface area contributed by atoms with Crippen molar-refractivity contribution in [3.8, 4) is 0 Å². The van der Waals surface area contributed by atoms with Crippen LogP contribution in [0.4, 0.5) is 18.9 Å². The number of aryl methyl sites for hydroxylation is 1. The molecule has 0 saturated heterocycles. The number of anilines is 1. The zero-order valence-electron chi connectivity index (χ0n) is 10.8. The average Bonchev–Trinajstić information content (AvgIpc) is 2.81. The van der Waals surface area contributed by atoms with Crippen molar-refractivity contribution in [2.75, 3.05) is 11.4 Å². The van der Waals surface area contributed by atoms with E-state index >= 15 is 0 Å². The van der Waals surface area contributed by atoms with E-state index in [4.69, 9.17) is 16.1 Å². The molecule has 0 spiro atoms. The van der Waals surface area contributed by atoms with Gasteiger partial charge in [-0.1, -0.05) is 22.8 Å². The first-order chi connectivity index (χ1) is 9.76.